The van der Waals surface area contributed by atoms with E-state index in [1.54, 1.807) is 0 Å². The Morgan fingerprint density at radius 1 is 1.04 bits per heavy atom. The van der Waals surface area contributed by atoms with E-state index in [0.717, 1.165) is 0 Å². The van der Waals surface area contributed by atoms with Gasteiger partial charge in [-0.3, -0.25) is 9.59 Å². The lowest BCUT2D eigenvalue weighted by molar-refractivity contribution is -0.309. The number of rotatable bonds is 7. The van der Waals surface area contributed by atoms with Crippen molar-refractivity contribution in [3.63, 3.8) is 0 Å². The standard InChI is InChI=1S/C14H24O9/c1-7(15)21-9(6-18-3)10-11(19-4)12(22-8(2)16)13(20-5)14(17)23-10/h9-14,17H,6H2,1-5H3/t9-,10-,11-,12+,13-,14?/m1/s1. The van der Waals surface area contributed by atoms with Gasteiger partial charge in [-0.2, -0.15) is 0 Å². The third-order valence-electron chi connectivity index (χ3n) is 3.41. The minimum absolute atomic E-state index is 0.0151. The van der Waals surface area contributed by atoms with E-state index in [2.05, 4.69) is 0 Å². The largest absolute Gasteiger partial charge is 0.457 e. The van der Waals surface area contributed by atoms with Gasteiger partial charge in [0.25, 0.3) is 0 Å². The van der Waals surface area contributed by atoms with Gasteiger partial charge in [-0.05, 0) is 0 Å². The number of ether oxygens (including phenoxy) is 6. The molecule has 0 spiro atoms. The number of methoxy groups -OCH3 is 3. The molecular weight excluding hydrogens is 312 g/mol. The van der Waals surface area contributed by atoms with Crippen molar-refractivity contribution in [3.8, 4) is 0 Å². The summed E-state index contributed by atoms with van der Waals surface area (Å²) in [6.07, 6.45) is -5.86. The fourth-order valence-electron chi connectivity index (χ4n) is 2.57. The molecule has 1 aliphatic rings. The summed E-state index contributed by atoms with van der Waals surface area (Å²) in [6.45, 7) is 2.49. The molecule has 0 radical (unpaired) electrons. The molecule has 0 amide bonds. The van der Waals surface area contributed by atoms with E-state index in [1.807, 2.05) is 0 Å². The monoisotopic (exact) mass is 336 g/mol. The summed E-state index contributed by atoms with van der Waals surface area (Å²) in [7, 11) is 4.16. The van der Waals surface area contributed by atoms with E-state index in [4.69, 9.17) is 28.4 Å². The molecule has 1 aliphatic heterocycles. The predicted octanol–water partition coefficient (Wildman–Crippen LogP) is -0.757. The molecule has 0 aromatic rings. The SMILES string of the molecule is COC[C@@H](OC(C)=O)[C@H]1OC(O)[C@H](OC)[C@@H](OC(C)=O)[C@@H]1OC. The number of esters is 2. The molecule has 0 aliphatic carbocycles. The zero-order chi connectivity index (χ0) is 17.6. The highest BCUT2D eigenvalue weighted by atomic mass is 16.7. The molecule has 0 saturated carbocycles. The molecule has 1 rings (SSSR count). The number of aliphatic hydroxyl groups is 1. The maximum atomic E-state index is 11.4. The summed E-state index contributed by atoms with van der Waals surface area (Å²) in [5, 5.41) is 10.1. The van der Waals surface area contributed by atoms with Gasteiger partial charge >= 0.3 is 11.9 Å². The van der Waals surface area contributed by atoms with Gasteiger partial charge in [0.1, 0.15) is 18.3 Å². The van der Waals surface area contributed by atoms with Crippen molar-refractivity contribution in [3.05, 3.63) is 0 Å². The van der Waals surface area contributed by atoms with Crippen molar-refractivity contribution in [1.82, 2.24) is 0 Å². The van der Waals surface area contributed by atoms with Crippen molar-refractivity contribution >= 4 is 11.9 Å². The maximum Gasteiger partial charge on any atom is 0.303 e. The van der Waals surface area contributed by atoms with Gasteiger partial charge in [-0.15, -0.1) is 0 Å². The van der Waals surface area contributed by atoms with Gasteiger partial charge in [0.05, 0.1) is 6.61 Å². The number of carbonyl (C=O) groups excluding carboxylic acids is 2. The molecule has 1 fully saturated rings. The van der Waals surface area contributed by atoms with Gasteiger partial charge in [0.2, 0.25) is 0 Å². The Morgan fingerprint density at radius 3 is 2.09 bits per heavy atom. The molecule has 9 nitrogen and oxygen atoms in total. The normalized spacial score (nSPS) is 32.2. The van der Waals surface area contributed by atoms with Crippen LogP contribution in [0.15, 0.2) is 0 Å². The molecule has 0 aromatic heterocycles. The summed E-state index contributed by atoms with van der Waals surface area (Å²) >= 11 is 0. The minimum Gasteiger partial charge on any atom is -0.457 e. The molecule has 1 N–H and O–H groups in total. The molecule has 6 atom stereocenters. The Morgan fingerprint density at radius 2 is 1.65 bits per heavy atom. The Bertz CT molecular complexity index is 400. The summed E-state index contributed by atoms with van der Waals surface area (Å²) in [6, 6.07) is 0. The van der Waals surface area contributed by atoms with Crippen LogP contribution in [0, 0.1) is 0 Å². The molecular formula is C14H24O9. The first-order valence-corrected chi connectivity index (χ1v) is 7.08. The van der Waals surface area contributed by atoms with Gasteiger partial charge < -0.3 is 33.5 Å². The minimum atomic E-state index is -1.39. The van der Waals surface area contributed by atoms with Gasteiger partial charge in [-0.25, -0.2) is 0 Å². The highest BCUT2D eigenvalue weighted by Gasteiger charge is 2.51. The van der Waals surface area contributed by atoms with Crippen LogP contribution in [0.2, 0.25) is 0 Å². The summed E-state index contributed by atoms with van der Waals surface area (Å²) in [5.74, 6) is -1.11. The second kappa shape index (κ2) is 9.14. The molecule has 0 bridgehead atoms. The lowest BCUT2D eigenvalue weighted by Crippen LogP contribution is -2.63. The number of hydrogen-bond acceptors (Lipinski definition) is 9. The quantitative estimate of drug-likeness (QED) is 0.600. The van der Waals surface area contributed by atoms with Crippen molar-refractivity contribution in [2.45, 2.75) is 50.7 Å². The number of carbonyl (C=O) groups is 2. The average Bonchev–Trinajstić information content (AvgIpc) is 2.45. The lowest BCUT2D eigenvalue weighted by atomic mass is 9.94. The van der Waals surface area contributed by atoms with E-state index >= 15 is 0 Å². The Kier molecular flexibility index (Phi) is 7.86. The Balaban J connectivity index is 3.08. The fraction of sp³-hybridized carbons (Fsp3) is 0.857. The maximum absolute atomic E-state index is 11.4. The Hall–Kier alpha value is -1.26. The summed E-state index contributed by atoms with van der Waals surface area (Å²) in [5.41, 5.74) is 0. The van der Waals surface area contributed by atoms with Crippen LogP contribution in [0.1, 0.15) is 13.8 Å². The van der Waals surface area contributed by atoms with Crippen LogP contribution in [0.3, 0.4) is 0 Å². The van der Waals surface area contributed by atoms with Gasteiger partial charge in [0.15, 0.2) is 18.5 Å². The second-order valence-corrected chi connectivity index (χ2v) is 5.07. The van der Waals surface area contributed by atoms with Crippen LogP contribution < -0.4 is 0 Å². The lowest BCUT2D eigenvalue weighted by Gasteiger charge is -2.44. The number of hydrogen-bond donors (Lipinski definition) is 1. The van der Waals surface area contributed by atoms with E-state index in [1.165, 1.54) is 35.2 Å². The fourth-order valence-corrected chi connectivity index (χ4v) is 2.57. The first-order chi connectivity index (χ1) is 10.8. The van der Waals surface area contributed by atoms with Crippen LogP contribution in [0.4, 0.5) is 0 Å². The average molecular weight is 336 g/mol. The van der Waals surface area contributed by atoms with E-state index in [9.17, 15) is 14.7 Å². The van der Waals surface area contributed by atoms with Crippen LogP contribution >= 0.6 is 0 Å². The van der Waals surface area contributed by atoms with Crippen molar-refractivity contribution in [2.75, 3.05) is 27.9 Å². The van der Waals surface area contributed by atoms with Crippen LogP contribution in [0.5, 0.6) is 0 Å². The van der Waals surface area contributed by atoms with Crippen molar-refractivity contribution in [1.29, 1.82) is 0 Å². The number of aliphatic hydroxyl groups excluding tert-OH is 1. The predicted molar refractivity (Wildman–Crippen MR) is 75.5 cm³/mol. The molecule has 0 aromatic carbocycles. The van der Waals surface area contributed by atoms with E-state index < -0.39 is 48.7 Å². The van der Waals surface area contributed by atoms with Gasteiger partial charge in [-0.1, -0.05) is 0 Å². The first-order valence-electron chi connectivity index (χ1n) is 7.08. The van der Waals surface area contributed by atoms with Crippen LogP contribution in [-0.4, -0.2) is 81.8 Å². The first kappa shape index (κ1) is 19.8. The zero-order valence-corrected chi connectivity index (χ0v) is 13.9. The molecule has 1 heterocycles. The van der Waals surface area contributed by atoms with E-state index in [-0.39, 0.29) is 6.61 Å². The zero-order valence-electron chi connectivity index (χ0n) is 13.9. The summed E-state index contributed by atoms with van der Waals surface area (Å²) in [4.78, 5) is 22.6. The van der Waals surface area contributed by atoms with Gasteiger partial charge in [0, 0.05) is 35.2 Å². The van der Waals surface area contributed by atoms with Crippen LogP contribution in [0.25, 0.3) is 0 Å². The third kappa shape index (κ3) is 5.11. The van der Waals surface area contributed by atoms with Crippen molar-refractivity contribution < 1.29 is 43.1 Å². The molecule has 134 valence electrons. The molecule has 23 heavy (non-hydrogen) atoms. The smallest absolute Gasteiger partial charge is 0.303 e. The molecule has 1 saturated heterocycles. The highest BCUT2D eigenvalue weighted by Crippen LogP contribution is 2.29. The Labute approximate surface area is 134 Å². The highest BCUT2D eigenvalue weighted by molar-refractivity contribution is 5.66. The topological polar surface area (TPSA) is 110 Å². The van der Waals surface area contributed by atoms with E-state index in [0.29, 0.717) is 0 Å². The van der Waals surface area contributed by atoms with Crippen molar-refractivity contribution in [2.24, 2.45) is 0 Å². The third-order valence-corrected chi connectivity index (χ3v) is 3.41. The van der Waals surface area contributed by atoms with Crippen LogP contribution in [-0.2, 0) is 38.0 Å². The molecule has 1 unspecified atom stereocenters. The summed E-state index contributed by atoms with van der Waals surface area (Å²) < 4.78 is 31.4. The molecule has 9 heteroatoms. The second-order valence-electron chi connectivity index (χ2n) is 5.07.